The third-order valence-electron chi connectivity index (χ3n) is 6.27. The number of imidazole rings is 1. The fraction of sp³-hybridized carbons (Fsp3) is 0.320. The van der Waals surface area contributed by atoms with Crippen LogP contribution in [0.15, 0.2) is 82.5 Å². The number of benzene rings is 2. The molecule has 154 valence electrons. The number of aromatic nitrogens is 2. The Bertz CT molecular complexity index is 1160. The summed E-state index contributed by atoms with van der Waals surface area (Å²) in [6.07, 6.45) is 9.94. The summed E-state index contributed by atoms with van der Waals surface area (Å²) in [7, 11) is 0. The molecule has 30 heavy (non-hydrogen) atoms. The second-order valence-electron chi connectivity index (χ2n) is 8.13. The van der Waals surface area contributed by atoms with Gasteiger partial charge in [-0.05, 0) is 56.0 Å². The Morgan fingerprint density at radius 3 is 2.53 bits per heavy atom. The lowest BCUT2D eigenvalue weighted by molar-refractivity contribution is 0.183. The quantitative estimate of drug-likeness (QED) is 0.472. The molecule has 0 radical (unpaired) electrons. The Balaban J connectivity index is 1.15. The smallest absolute Gasteiger partial charge is 0.332 e. The van der Waals surface area contributed by atoms with Crippen LogP contribution >= 0.6 is 0 Å². The molecule has 1 saturated heterocycles. The maximum absolute atomic E-state index is 12.9. The van der Waals surface area contributed by atoms with Crippen LogP contribution in [0.5, 0.6) is 0 Å². The first-order valence-electron chi connectivity index (χ1n) is 10.8. The van der Waals surface area contributed by atoms with Crippen LogP contribution in [0.25, 0.3) is 16.7 Å². The summed E-state index contributed by atoms with van der Waals surface area (Å²) < 4.78 is 9.31. The first kappa shape index (κ1) is 18.9. The predicted molar refractivity (Wildman–Crippen MR) is 119 cm³/mol. The molecular formula is C25H27N3O2. The van der Waals surface area contributed by atoms with E-state index in [0.717, 1.165) is 56.6 Å². The number of aryl methyl sites for hydroxylation is 1. The van der Waals surface area contributed by atoms with Crippen molar-refractivity contribution >= 4 is 11.0 Å². The molecule has 0 saturated carbocycles. The van der Waals surface area contributed by atoms with Gasteiger partial charge in [0.05, 0.1) is 12.0 Å². The topological polar surface area (TPSA) is 43.3 Å². The van der Waals surface area contributed by atoms with Gasteiger partial charge in [0.15, 0.2) is 0 Å². The average Bonchev–Trinajstić information content (AvgIpc) is 3.39. The third-order valence-corrected chi connectivity index (χ3v) is 6.27. The van der Waals surface area contributed by atoms with E-state index < -0.39 is 0 Å². The van der Waals surface area contributed by atoms with Crippen molar-refractivity contribution in [2.75, 3.05) is 19.6 Å². The number of likely N-dealkylation sites (tertiary alicyclic amines) is 1. The number of piperidine rings is 1. The van der Waals surface area contributed by atoms with Gasteiger partial charge in [0.25, 0.3) is 0 Å². The number of para-hydroxylation sites is 2. The fourth-order valence-electron chi connectivity index (χ4n) is 4.59. The lowest BCUT2D eigenvalue weighted by atomic mass is 10.0. The van der Waals surface area contributed by atoms with Crippen molar-refractivity contribution in [2.24, 2.45) is 0 Å². The monoisotopic (exact) mass is 401 g/mol. The van der Waals surface area contributed by atoms with Crippen molar-refractivity contribution in [1.29, 1.82) is 0 Å². The molecule has 2 aromatic carbocycles. The second kappa shape index (κ2) is 8.36. The normalized spacial score (nSPS) is 15.7. The molecule has 0 spiro atoms. The van der Waals surface area contributed by atoms with Crippen molar-refractivity contribution < 1.29 is 4.42 Å². The Morgan fingerprint density at radius 1 is 0.933 bits per heavy atom. The first-order valence-corrected chi connectivity index (χ1v) is 10.8. The molecule has 0 aliphatic carbocycles. The Kier molecular flexibility index (Phi) is 5.28. The van der Waals surface area contributed by atoms with Gasteiger partial charge in [-0.1, -0.05) is 36.4 Å². The van der Waals surface area contributed by atoms with Crippen molar-refractivity contribution in [1.82, 2.24) is 14.0 Å². The molecule has 5 rings (SSSR count). The second-order valence-corrected chi connectivity index (χ2v) is 8.13. The lowest BCUT2D eigenvalue weighted by Gasteiger charge is -2.32. The average molecular weight is 402 g/mol. The van der Waals surface area contributed by atoms with Gasteiger partial charge in [0.1, 0.15) is 5.58 Å². The van der Waals surface area contributed by atoms with Crippen molar-refractivity contribution in [3.8, 4) is 5.69 Å². The summed E-state index contributed by atoms with van der Waals surface area (Å²) in [5, 5.41) is 1.23. The van der Waals surface area contributed by atoms with Crippen LogP contribution < -0.4 is 5.69 Å². The number of fused-ring (bicyclic) bond motifs is 1. The molecule has 5 nitrogen and oxygen atoms in total. The van der Waals surface area contributed by atoms with Gasteiger partial charge in [0.2, 0.25) is 0 Å². The van der Waals surface area contributed by atoms with Crippen molar-refractivity contribution in [3.63, 3.8) is 0 Å². The van der Waals surface area contributed by atoms with E-state index in [4.69, 9.17) is 4.42 Å². The number of nitrogens with zero attached hydrogens (tertiary/aromatic N) is 3. The summed E-state index contributed by atoms with van der Waals surface area (Å²) in [4.78, 5) is 15.4. The highest BCUT2D eigenvalue weighted by atomic mass is 16.3. The molecule has 0 N–H and O–H groups in total. The zero-order valence-corrected chi connectivity index (χ0v) is 17.1. The molecule has 0 atom stereocenters. The zero-order valence-electron chi connectivity index (χ0n) is 17.1. The highest BCUT2D eigenvalue weighted by Gasteiger charge is 2.22. The number of rotatable bonds is 6. The van der Waals surface area contributed by atoms with E-state index in [0.29, 0.717) is 0 Å². The first-order chi connectivity index (χ1) is 14.8. The molecule has 4 aromatic rings. The zero-order chi connectivity index (χ0) is 20.3. The van der Waals surface area contributed by atoms with Crippen LogP contribution in [-0.4, -0.2) is 33.7 Å². The summed E-state index contributed by atoms with van der Waals surface area (Å²) >= 11 is 0. The van der Waals surface area contributed by atoms with Gasteiger partial charge in [0, 0.05) is 36.9 Å². The van der Waals surface area contributed by atoms with Crippen LogP contribution in [0.1, 0.15) is 30.9 Å². The molecule has 0 unspecified atom stereocenters. The molecule has 0 bridgehead atoms. The summed E-state index contributed by atoms with van der Waals surface area (Å²) in [5.41, 5.74) is 3.26. The minimum atomic E-state index is 0.0616. The standard InChI is InChI=1S/C25H27N3O2/c29-25-27(21-8-2-1-3-9-21)17-18-28(25)22-12-15-26(16-13-22)14-6-7-20-19-30-24-11-5-4-10-23(20)24/h1-5,8-11,17-19,22H,6-7,12-16H2. The molecule has 1 fully saturated rings. The van der Waals surface area contributed by atoms with Crippen LogP contribution in [-0.2, 0) is 6.42 Å². The van der Waals surface area contributed by atoms with Crippen LogP contribution in [0.4, 0.5) is 0 Å². The summed E-state index contributed by atoms with van der Waals surface area (Å²) in [6, 6.07) is 18.4. The Hall–Kier alpha value is -3.05. The Morgan fingerprint density at radius 2 is 1.70 bits per heavy atom. The van der Waals surface area contributed by atoms with Gasteiger partial charge in [-0.25, -0.2) is 4.79 Å². The maximum Gasteiger partial charge on any atom is 0.332 e. The molecule has 5 heteroatoms. The van der Waals surface area contributed by atoms with Crippen molar-refractivity contribution in [3.05, 3.63) is 89.3 Å². The highest BCUT2D eigenvalue weighted by Crippen LogP contribution is 2.24. The highest BCUT2D eigenvalue weighted by molar-refractivity contribution is 5.80. The minimum absolute atomic E-state index is 0.0616. The number of hydrogen-bond acceptors (Lipinski definition) is 3. The van der Waals surface area contributed by atoms with Gasteiger partial charge >= 0.3 is 5.69 Å². The lowest BCUT2D eigenvalue weighted by Crippen LogP contribution is -2.38. The van der Waals surface area contributed by atoms with Crippen LogP contribution in [0.3, 0.4) is 0 Å². The Labute approximate surface area is 176 Å². The molecule has 2 aromatic heterocycles. The van der Waals surface area contributed by atoms with E-state index >= 15 is 0 Å². The van der Waals surface area contributed by atoms with E-state index in [1.54, 1.807) is 4.57 Å². The molecule has 3 heterocycles. The van der Waals surface area contributed by atoms with Gasteiger partial charge in [-0.3, -0.25) is 9.13 Å². The van der Waals surface area contributed by atoms with E-state index in [-0.39, 0.29) is 11.7 Å². The summed E-state index contributed by atoms with van der Waals surface area (Å²) in [6.45, 7) is 3.17. The minimum Gasteiger partial charge on any atom is -0.464 e. The van der Waals surface area contributed by atoms with Gasteiger partial charge in [-0.15, -0.1) is 0 Å². The molecule has 0 amide bonds. The van der Waals surface area contributed by atoms with Crippen LogP contribution in [0.2, 0.25) is 0 Å². The fourth-order valence-corrected chi connectivity index (χ4v) is 4.59. The van der Waals surface area contributed by atoms with E-state index in [2.05, 4.69) is 17.0 Å². The van der Waals surface area contributed by atoms with E-state index in [1.807, 2.05) is 65.7 Å². The van der Waals surface area contributed by atoms with Gasteiger partial charge < -0.3 is 9.32 Å². The third kappa shape index (κ3) is 3.73. The SMILES string of the molecule is O=c1n(-c2ccccc2)ccn1C1CCN(CCCc2coc3ccccc23)CC1. The van der Waals surface area contributed by atoms with Crippen LogP contribution in [0, 0.1) is 0 Å². The maximum atomic E-state index is 12.9. The number of furan rings is 1. The van der Waals surface area contributed by atoms with Gasteiger partial charge in [-0.2, -0.15) is 0 Å². The predicted octanol–water partition coefficient (Wildman–Crippen LogP) is 4.65. The van der Waals surface area contributed by atoms with E-state index in [1.165, 1.54) is 10.9 Å². The van der Waals surface area contributed by atoms with Crippen molar-refractivity contribution in [2.45, 2.75) is 31.7 Å². The number of hydrogen-bond donors (Lipinski definition) is 0. The molecular weight excluding hydrogens is 374 g/mol. The molecule has 1 aliphatic rings. The summed E-state index contributed by atoms with van der Waals surface area (Å²) in [5.74, 6) is 0. The van der Waals surface area contributed by atoms with E-state index in [9.17, 15) is 4.79 Å². The molecule has 1 aliphatic heterocycles. The largest absolute Gasteiger partial charge is 0.464 e.